The summed E-state index contributed by atoms with van der Waals surface area (Å²) in [5, 5.41) is 2.99. The zero-order chi connectivity index (χ0) is 21.6. The number of carbonyl (C=O) groups is 2. The smallest absolute Gasteiger partial charge is 0.229 e. The van der Waals surface area contributed by atoms with E-state index in [1.54, 1.807) is 0 Å². The normalized spacial score (nSPS) is 16.3. The number of pyridine rings is 1. The standard InChI is InChI=1S/C24H28N4O3/c1-2-7-23(29)28-13-6-8-18(15-28)24(30)26-19-9-5-10-21(14-19)31-17-20-16-27-12-4-3-11-22(27)25-20/h3-5,9-12,14,16,18H,2,6-8,13,15,17H2,1H3,(H,26,30). The van der Waals surface area contributed by atoms with Crippen LogP contribution in [0.2, 0.25) is 0 Å². The van der Waals surface area contributed by atoms with E-state index in [1.807, 2.05) is 71.1 Å². The fraction of sp³-hybridized carbons (Fsp3) is 0.375. The highest BCUT2D eigenvalue weighted by Gasteiger charge is 2.28. The summed E-state index contributed by atoms with van der Waals surface area (Å²) in [5.74, 6) is 0.573. The Labute approximate surface area is 182 Å². The van der Waals surface area contributed by atoms with Gasteiger partial charge in [0.25, 0.3) is 0 Å². The maximum atomic E-state index is 12.8. The van der Waals surface area contributed by atoms with Crippen LogP contribution in [0.4, 0.5) is 5.69 Å². The van der Waals surface area contributed by atoms with Crippen molar-refractivity contribution in [3.8, 4) is 5.75 Å². The Morgan fingerprint density at radius 2 is 2.13 bits per heavy atom. The van der Waals surface area contributed by atoms with E-state index >= 15 is 0 Å². The molecule has 162 valence electrons. The Kier molecular flexibility index (Phi) is 6.50. The summed E-state index contributed by atoms with van der Waals surface area (Å²) in [5.41, 5.74) is 2.40. The molecular formula is C24H28N4O3. The fourth-order valence-electron chi connectivity index (χ4n) is 3.91. The molecule has 2 aromatic heterocycles. The average Bonchev–Trinajstić information content (AvgIpc) is 3.21. The molecule has 31 heavy (non-hydrogen) atoms. The van der Waals surface area contributed by atoms with E-state index in [2.05, 4.69) is 10.3 Å². The van der Waals surface area contributed by atoms with Gasteiger partial charge in [-0.05, 0) is 43.5 Å². The van der Waals surface area contributed by atoms with Crippen molar-refractivity contribution in [2.75, 3.05) is 18.4 Å². The lowest BCUT2D eigenvalue weighted by Crippen LogP contribution is -2.43. The maximum absolute atomic E-state index is 12.8. The molecule has 1 fully saturated rings. The van der Waals surface area contributed by atoms with Gasteiger partial charge in [0.2, 0.25) is 11.8 Å². The topological polar surface area (TPSA) is 75.9 Å². The van der Waals surface area contributed by atoms with Crippen molar-refractivity contribution in [2.24, 2.45) is 5.92 Å². The van der Waals surface area contributed by atoms with Crippen molar-refractivity contribution >= 4 is 23.1 Å². The second-order valence-corrected chi connectivity index (χ2v) is 7.93. The lowest BCUT2D eigenvalue weighted by atomic mass is 9.96. The third-order valence-electron chi connectivity index (χ3n) is 5.51. The van der Waals surface area contributed by atoms with Crippen molar-refractivity contribution < 1.29 is 14.3 Å². The molecule has 1 aliphatic rings. The molecule has 0 bridgehead atoms. The molecule has 3 aromatic rings. The molecule has 7 nitrogen and oxygen atoms in total. The number of hydrogen-bond donors (Lipinski definition) is 1. The summed E-state index contributed by atoms with van der Waals surface area (Å²) < 4.78 is 7.84. The van der Waals surface area contributed by atoms with Gasteiger partial charge < -0.3 is 19.4 Å². The Morgan fingerprint density at radius 1 is 1.23 bits per heavy atom. The second-order valence-electron chi connectivity index (χ2n) is 7.93. The van der Waals surface area contributed by atoms with Crippen molar-refractivity contribution in [1.29, 1.82) is 0 Å². The molecule has 0 spiro atoms. The van der Waals surface area contributed by atoms with E-state index in [9.17, 15) is 9.59 Å². The SMILES string of the molecule is CCCC(=O)N1CCCC(C(=O)Nc2cccc(OCc3cn4ccccc4n3)c2)C1. The third-order valence-corrected chi connectivity index (χ3v) is 5.51. The van der Waals surface area contributed by atoms with Crippen molar-refractivity contribution in [3.05, 3.63) is 60.6 Å². The van der Waals surface area contributed by atoms with Crippen LogP contribution in [-0.2, 0) is 16.2 Å². The predicted octanol–water partition coefficient (Wildman–Crippen LogP) is 3.89. The number of imidazole rings is 1. The van der Waals surface area contributed by atoms with Crippen molar-refractivity contribution in [2.45, 2.75) is 39.2 Å². The number of ether oxygens (including phenoxy) is 1. The Hall–Kier alpha value is -3.35. The minimum atomic E-state index is -0.183. The largest absolute Gasteiger partial charge is 0.487 e. The van der Waals surface area contributed by atoms with E-state index in [4.69, 9.17) is 4.74 Å². The van der Waals surface area contributed by atoms with Crippen LogP contribution >= 0.6 is 0 Å². The van der Waals surface area contributed by atoms with Gasteiger partial charge in [-0.3, -0.25) is 9.59 Å². The number of hydrogen-bond acceptors (Lipinski definition) is 4. The van der Waals surface area contributed by atoms with Gasteiger partial charge in [-0.25, -0.2) is 4.98 Å². The van der Waals surface area contributed by atoms with E-state index in [1.165, 1.54) is 0 Å². The number of fused-ring (bicyclic) bond motifs is 1. The van der Waals surface area contributed by atoms with E-state index < -0.39 is 0 Å². The van der Waals surface area contributed by atoms with Crippen LogP contribution in [0.15, 0.2) is 54.9 Å². The molecule has 1 unspecified atom stereocenters. The average molecular weight is 421 g/mol. The van der Waals surface area contributed by atoms with Crippen LogP contribution < -0.4 is 10.1 Å². The summed E-state index contributed by atoms with van der Waals surface area (Å²) in [6, 6.07) is 13.2. The van der Waals surface area contributed by atoms with Gasteiger partial charge in [0.1, 0.15) is 18.0 Å². The molecule has 1 saturated heterocycles. The van der Waals surface area contributed by atoms with Gasteiger partial charge in [0, 0.05) is 43.7 Å². The van der Waals surface area contributed by atoms with E-state index in [0.29, 0.717) is 31.0 Å². The minimum absolute atomic E-state index is 0.0495. The number of aromatic nitrogens is 2. The number of rotatable bonds is 7. The van der Waals surface area contributed by atoms with Crippen LogP contribution in [0, 0.1) is 5.92 Å². The van der Waals surface area contributed by atoms with Gasteiger partial charge in [0.05, 0.1) is 11.6 Å². The lowest BCUT2D eigenvalue weighted by molar-refractivity contribution is -0.134. The first-order valence-corrected chi connectivity index (χ1v) is 10.9. The Balaban J connectivity index is 1.34. The summed E-state index contributed by atoms with van der Waals surface area (Å²) in [6.45, 7) is 3.58. The van der Waals surface area contributed by atoms with Gasteiger partial charge in [-0.15, -0.1) is 0 Å². The van der Waals surface area contributed by atoms with Crippen LogP contribution in [-0.4, -0.2) is 39.2 Å². The number of nitrogens with zero attached hydrogens (tertiary/aromatic N) is 3. The van der Waals surface area contributed by atoms with Crippen LogP contribution in [0.1, 0.15) is 38.3 Å². The molecule has 7 heteroatoms. The maximum Gasteiger partial charge on any atom is 0.229 e. The molecule has 0 radical (unpaired) electrons. The number of piperidine rings is 1. The molecule has 2 amide bonds. The zero-order valence-electron chi connectivity index (χ0n) is 17.8. The van der Waals surface area contributed by atoms with Crippen molar-refractivity contribution in [3.63, 3.8) is 0 Å². The number of likely N-dealkylation sites (tertiary alicyclic amines) is 1. The molecule has 1 aromatic carbocycles. The first-order chi connectivity index (χ1) is 15.1. The highest BCUT2D eigenvalue weighted by molar-refractivity contribution is 5.93. The highest BCUT2D eigenvalue weighted by atomic mass is 16.5. The molecule has 1 aliphatic heterocycles. The van der Waals surface area contributed by atoms with E-state index in [-0.39, 0.29) is 17.7 Å². The fourth-order valence-corrected chi connectivity index (χ4v) is 3.91. The molecule has 0 saturated carbocycles. The summed E-state index contributed by atoms with van der Waals surface area (Å²) >= 11 is 0. The lowest BCUT2D eigenvalue weighted by Gasteiger charge is -2.32. The third kappa shape index (κ3) is 5.23. The number of amides is 2. The molecule has 4 rings (SSSR count). The Morgan fingerprint density at radius 3 is 2.97 bits per heavy atom. The molecule has 3 heterocycles. The van der Waals surface area contributed by atoms with Gasteiger partial charge in [-0.2, -0.15) is 0 Å². The Bertz CT molecular complexity index is 1030. The second kappa shape index (κ2) is 9.64. The van der Waals surface area contributed by atoms with Crippen LogP contribution in [0.25, 0.3) is 5.65 Å². The first-order valence-electron chi connectivity index (χ1n) is 10.9. The predicted molar refractivity (Wildman–Crippen MR) is 119 cm³/mol. The van der Waals surface area contributed by atoms with E-state index in [0.717, 1.165) is 37.1 Å². The molecule has 0 aliphatic carbocycles. The first kappa shape index (κ1) is 20.9. The molecule has 1 N–H and O–H groups in total. The number of carbonyl (C=O) groups excluding carboxylic acids is 2. The number of benzene rings is 1. The molecular weight excluding hydrogens is 392 g/mol. The summed E-state index contributed by atoms with van der Waals surface area (Å²) in [7, 11) is 0. The monoisotopic (exact) mass is 420 g/mol. The van der Waals surface area contributed by atoms with Crippen LogP contribution in [0.3, 0.4) is 0 Å². The van der Waals surface area contributed by atoms with Gasteiger partial charge in [0.15, 0.2) is 0 Å². The summed E-state index contributed by atoms with van der Waals surface area (Å²) in [6.07, 6.45) is 6.91. The number of anilines is 1. The van der Waals surface area contributed by atoms with Gasteiger partial charge in [-0.1, -0.05) is 19.1 Å². The van der Waals surface area contributed by atoms with Gasteiger partial charge >= 0.3 is 0 Å². The minimum Gasteiger partial charge on any atom is -0.487 e. The zero-order valence-corrected chi connectivity index (χ0v) is 17.8. The molecule has 1 atom stereocenters. The highest BCUT2D eigenvalue weighted by Crippen LogP contribution is 2.22. The number of nitrogens with one attached hydrogen (secondary N) is 1. The quantitative estimate of drug-likeness (QED) is 0.629. The van der Waals surface area contributed by atoms with Crippen LogP contribution in [0.5, 0.6) is 5.75 Å². The summed E-state index contributed by atoms with van der Waals surface area (Å²) in [4.78, 5) is 31.3. The van der Waals surface area contributed by atoms with Crippen molar-refractivity contribution in [1.82, 2.24) is 14.3 Å².